The van der Waals surface area contributed by atoms with E-state index in [-0.39, 0.29) is 17.6 Å². The lowest BCUT2D eigenvalue weighted by molar-refractivity contribution is 0.164. The summed E-state index contributed by atoms with van der Waals surface area (Å²) in [4.78, 5) is 19.2. The van der Waals surface area contributed by atoms with Gasteiger partial charge in [-0.15, -0.1) is 11.3 Å². The maximum absolute atomic E-state index is 12.7. The van der Waals surface area contributed by atoms with Gasteiger partial charge >= 0.3 is 6.03 Å². The lowest BCUT2D eigenvalue weighted by Crippen LogP contribution is -2.50. The van der Waals surface area contributed by atoms with Crippen LogP contribution in [0.25, 0.3) is 0 Å². The first-order valence-electron chi connectivity index (χ1n) is 9.40. The van der Waals surface area contributed by atoms with Gasteiger partial charge in [-0.3, -0.25) is 0 Å². The van der Waals surface area contributed by atoms with Gasteiger partial charge in [-0.1, -0.05) is 25.1 Å². The van der Waals surface area contributed by atoms with Gasteiger partial charge in [-0.05, 0) is 52.7 Å². The summed E-state index contributed by atoms with van der Waals surface area (Å²) in [5, 5.41) is 5.97. The van der Waals surface area contributed by atoms with Crippen LogP contribution in [-0.2, 0) is 13.2 Å². The van der Waals surface area contributed by atoms with Crippen LogP contribution in [0.3, 0.4) is 0 Å². The third-order valence-corrected chi connectivity index (χ3v) is 5.11. The molecule has 1 N–H and O–H groups in total. The Bertz CT molecular complexity index is 752. The van der Waals surface area contributed by atoms with Crippen LogP contribution in [0.1, 0.15) is 57.3 Å². The van der Waals surface area contributed by atoms with Crippen molar-refractivity contribution in [3.8, 4) is 5.75 Å². The summed E-state index contributed by atoms with van der Waals surface area (Å²) >= 11 is 1.57. The van der Waals surface area contributed by atoms with Gasteiger partial charge in [0.15, 0.2) is 0 Å². The molecule has 1 aromatic carbocycles. The van der Waals surface area contributed by atoms with Crippen LogP contribution < -0.4 is 10.1 Å². The second-order valence-electron chi connectivity index (χ2n) is 7.85. The fraction of sp³-hybridized carbons (Fsp3) is 0.524. The molecule has 1 unspecified atom stereocenters. The van der Waals surface area contributed by atoms with Gasteiger partial charge < -0.3 is 15.0 Å². The molecule has 6 heteroatoms. The Morgan fingerprint density at radius 1 is 1.33 bits per heavy atom. The smallest absolute Gasteiger partial charge is 0.318 e. The number of carbonyl (C=O) groups excluding carboxylic acids is 1. The van der Waals surface area contributed by atoms with Crippen molar-refractivity contribution in [2.75, 3.05) is 0 Å². The van der Waals surface area contributed by atoms with E-state index in [1.165, 1.54) is 0 Å². The van der Waals surface area contributed by atoms with Gasteiger partial charge in [0.1, 0.15) is 17.4 Å². The van der Waals surface area contributed by atoms with E-state index in [1.54, 1.807) is 11.3 Å². The Kier molecular flexibility index (Phi) is 7.25. The van der Waals surface area contributed by atoms with Gasteiger partial charge in [0.2, 0.25) is 0 Å². The number of aromatic nitrogens is 1. The van der Waals surface area contributed by atoms with Gasteiger partial charge in [0.25, 0.3) is 0 Å². The summed E-state index contributed by atoms with van der Waals surface area (Å²) in [7, 11) is 0. The van der Waals surface area contributed by atoms with Crippen molar-refractivity contribution in [2.45, 2.75) is 72.7 Å². The molecule has 5 nitrogen and oxygen atoms in total. The number of carbonyl (C=O) groups is 1. The van der Waals surface area contributed by atoms with Gasteiger partial charge in [-0.25, -0.2) is 9.78 Å². The number of nitrogens with zero attached hydrogens (tertiary/aromatic N) is 2. The van der Waals surface area contributed by atoms with Crippen molar-refractivity contribution in [1.82, 2.24) is 15.2 Å². The predicted molar refractivity (Wildman–Crippen MR) is 111 cm³/mol. The van der Waals surface area contributed by atoms with Crippen molar-refractivity contribution in [2.24, 2.45) is 0 Å². The third kappa shape index (κ3) is 6.54. The number of nitrogens with one attached hydrogen (secondary N) is 1. The fourth-order valence-electron chi connectivity index (χ4n) is 2.56. The van der Waals surface area contributed by atoms with Crippen LogP contribution in [0.5, 0.6) is 5.75 Å². The topological polar surface area (TPSA) is 54.5 Å². The van der Waals surface area contributed by atoms with Crippen molar-refractivity contribution in [1.29, 1.82) is 0 Å². The van der Waals surface area contributed by atoms with Gasteiger partial charge in [0.05, 0.1) is 12.2 Å². The van der Waals surface area contributed by atoms with E-state index in [9.17, 15) is 4.79 Å². The first kappa shape index (κ1) is 21.2. The minimum Gasteiger partial charge on any atom is -0.486 e. The highest BCUT2D eigenvalue weighted by atomic mass is 32.1. The molecule has 0 radical (unpaired) electrons. The zero-order chi connectivity index (χ0) is 20.0. The summed E-state index contributed by atoms with van der Waals surface area (Å²) in [5.74, 6) is 0.875. The van der Waals surface area contributed by atoms with E-state index < -0.39 is 0 Å². The number of ether oxygens (including phenoxy) is 1. The Morgan fingerprint density at radius 3 is 2.67 bits per heavy atom. The summed E-state index contributed by atoms with van der Waals surface area (Å²) in [6.07, 6.45) is 0.894. The molecule has 1 heterocycles. The van der Waals surface area contributed by atoms with Crippen molar-refractivity contribution in [3.63, 3.8) is 0 Å². The van der Waals surface area contributed by atoms with E-state index in [4.69, 9.17) is 4.74 Å². The molecule has 1 atom stereocenters. The van der Waals surface area contributed by atoms with Crippen LogP contribution in [0.4, 0.5) is 4.79 Å². The number of hydrogen-bond acceptors (Lipinski definition) is 4. The SMILES string of the molecule is CCC(C)N(Cc1csc(COc2ccccc2C)n1)C(=O)NC(C)(C)C. The average Bonchev–Trinajstić information content (AvgIpc) is 3.04. The molecule has 0 saturated carbocycles. The van der Waals surface area contributed by atoms with Crippen LogP contribution in [-0.4, -0.2) is 27.5 Å². The first-order chi connectivity index (χ1) is 12.7. The van der Waals surface area contributed by atoms with Crippen molar-refractivity contribution >= 4 is 17.4 Å². The van der Waals surface area contributed by atoms with Gasteiger partial charge in [0, 0.05) is 17.0 Å². The lowest BCUT2D eigenvalue weighted by Gasteiger charge is -2.32. The number of amides is 2. The first-order valence-corrected chi connectivity index (χ1v) is 10.3. The largest absolute Gasteiger partial charge is 0.486 e. The molecular weight excluding hydrogens is 358 g/mol. The number of para-hydroxylation sites is 1. The maximum atomic E-state index is 12.7. The lowest BCUT2D eigenvalue weighted by atomic mass is 10.1. The summed E-state index contributed by atoms with van der Waals surface area (Å²) < 4.78 is 5.88. The summed E-state index contributed by atoms with van der Waals surface area (Å²) in [6, 6.07) is 8.04. The quantitative estimate of drug-likeness (QED) is 0.713. The van der Waals surface area contributed by atoms with Crippen molar-refractivity contribution in [3.05, 3.63) is 45.9 Å². The maximum Gasteiger partial charge on any atom is 0.318 e. The molecule has 0 aliphatic rings. The zero-order valence-electron chi connectivity index (χ0n) is 17.2. The molecule has 2 aromatic rings. The van der Waals surface area contributed by atoms with E-state index in [0.717, 1.165) is 28.4 Å². The van der Waals surface area contributed by atoms with E-state index in [0.29, 0.717) is 13.2 Å². The molecule has 0 bridgehead atoms. The Morgan fingerprint density at radius 2 is 2.04 bits per heavy atom. The monoisotopic (exact) mass is 389 g/mol. The molecule has 0 aliphatic heterocycles. The number of thiazole rings is 1. The number of benzene rings is 1. The summed E-state index contributed by atoms with van der Waals surface area (Å²) in [6.45, 7) is 13.1. The molecule has 2 rings (SSSR count). The molecule has 2 amide bonds. The molecule has 0 aliphatic carbocycles. The number of hydrogen-bond donors (Lipinski definition) is 1. The number of rotatable bonds is 7. The Hall–Kier alpha value is -2.08. The highest BCUT2D eigenvalue weighted by Crippen LogP contribution is 2.20. The molecule has 148 valence electrons. The normalized spacial score (nSPS) is 12.5. The van der Waals surface area contributed by atoms with Crippen LogP contribution in [0.15, 0.2) is 29.6 Å². The van der Waals surface area contributed by atoms with E-state index in [1.807, 2.05) is 62.2 Å². The van der Waals surface area contributed by atoms with Crippen LogP contribution in [0, 0.1) is 6.92 Å². The molecule has 1 aromatic heterocycles. The molecule has 0 spiro atoms. The average molecular weight is 390 g/mol. The van der Waals surface area contributed by atoms with Crippen molar-refractivity contribution < 1.29 is 9.53 Å². The minimum atomic E-state index is -0.266. The number of urea groups is 1. The Labute approximate surface area is 166 Å². The standard InChI is InChI=1S/C21H31N3O2S/c1-7-16(3)24(20(25)23-21(4,5)6)12-17-14-27-19(22-17)13-26-18-11-9-8-10-15(18)2/h8-11,14,16H,7,12-13H2,1-6H3,(H,23,25). The second kappa shape index (κ2) is 9.22. The molecular formula is C21H31N3O2S. The molecule has 27 heavy (non-hydrogen) atoms. The van der Waals surface area contributed by atoms with Crippen LogP contribution in [0.2, 0.25) is 0 Å². The Balaban J connectivity index is 2.02. The number of aryl methyl sites for hydroxylation is 1. The minimum absolute atomic E-state index is 0.0532. The highest BCUT2D eigenvalue weighted by Gasteiger charge is 2.24. The van der Waals surface area contributed by atoms with Crippen LogP contribution >= 0.6 is 11.3 Å². The molecule has 0 fully saturated rings. The van der Waals surface area contributed by atoms with E-state index in [2.05, 4.69) is 24.1 Å². The van der Waals surface area contributed by atoms with Gasteiger partial charge in [-0.2, -0.15) is 0 Å². The highest BCUT2D eigenvalue weighted by molar-refractivity contribution is 7.09. The predicted octanol–water partition coefficient (Wildman–Crippen LogP) is 5.14. The zero-order valence-corrected chi connectivity index (χ0v) is 18.0. The fourth-order valence-corrected chi connectivity index (χ4v) is 3.26. The third-order valence-electron chi connectivity index (χ3n) is 4.24. The van der Waals surface area contributed by atoms with E-state index >= 15 is 0 Å². The summed E-state index contributed by atoms with van der Waals surface area (Å²) in [5.41, 5.74) is 1.74. The molecule has 0 saturated heterocycles. The second-order valence-corrected chi connectivity index (χ2v) is 8.79.